The number of rotatable bonds is 4. The van der Waals surface area contributed by atoms with Crippen LogP contribution in [0.25, 0.3) is 0 Å². The van der Waals surface area contributed by atoms with Gasteiger partial charge in [-0.15, -0.1) is 0 Å². The Kier molecular flexibility index (Phi) is 3.96. The largest absolute Gasteiger partial charge is 0.450 e. The zero-order valence-electron chi connectivity index (χ0n) is 10.9. The normalized spacial score (nSPS) is 9.80. The molecule has 5 heteroatoms. The van der Waals surface area contributed by atoms with Crippen molar-refractivity contribution in [3.8, 4) is 17.6 Å². The van der Waals surface area contributed by atoms with Crippen molar-refractivity contribution in [2.24, 2.45) is 0 Å². The van der Waals surface area contributed by atoms with Gasteiger partial charge in [-0.25, -0.2) is 0 Å². The SMILES string of the molecule is CCc1cccc(Oc2ccc(C#N)cc2[N+](=O)[O-])c1. The summed E-state index contributed by atoms with van der Waals surface area (Å²) < 4.78 is 5.56. The number of nitriles is 1. The molecule has 5 nitrogen and oxygen atoms in total. The molecule has 0 radical (unpaired) electrons. The smallest absolute Gasteiger partial charge is 0.312 e. The first kappa shape index (κ1) is 13.6. The Bertz CT molecular complexity index is 690. The fraction of sp³-hybridized carbons (Fsp3) is 0.133. The molecule has 2 aromatic rings. The van der Waals surface area contributed by atoms with E-state index in [1.54, 1.807) is 6.07 Å². The highest BCUT2D eigenvalue weighted by Gasteiger charge is 2.16. The highest BCUT2D eigenvalue weighted by Crippen LogP contribution is 2.32. The molecule has 0 aliphatic carbocycles. The molecule has 2 rings (SSSR count). The summed E-state index contributed by atoms with van der Waals surface area (Å²) in [7, 11) is 0. The van der Waals surface area contributed by atoms with Crippen molar-refractivity contribution in [1.29, 1.82) is 5.26 Å². The lowest BCUT2D eigenvalue weighted by atomic mass is 10.1. The minimum Gasteiger partial charge on any atom is -0.450 e. The van der Waals surface area contributed by atoms with Crippen molar-refractivity contribution in [3.05, 3.63) is 63.7 Å². The predicted octanol–water partition coefficient (Wildman–Crippen LogP) is 3.82. The molecule has 0 saturated heterocycles. The summed E-state index contributed by atoms with van der Waals surface area (Å²) in [6, 6.07) is 13.4. The molecule has 0 aliphatic heterocycles. The van der Waals surface area contributed by atoms with Crippen LogP contribution in [-0.4, -0.2) is 4.92 Å². The maximum Gasteiger partial charge on any atom is 0.312 e. The van der Waals surface area contributed by atoms with Gasteiger partial charge in [0.05, 0.1) is 16.6 Å². The second-order valence-corrected chi connectivity index (χ2v) is 4.15. The number of benzene rings is 2. The molecule has 2 aromatic carbocycles. The molecule has 0 spiro atoms. The molecule has 0 amide bonds. The lowest BCUT2D eigenvalue weighted by Crippen LogP contribution is -1.94. The van der Waals surface area contributed by atoms with Crippen LogP contribution in [-0.2, 0) is 6.42 Å². The molecule has 0 unspecified atom stereocenters. The highest BCUT2D eigenvalue weighted by molar-refractivity contribution is 5.53. The lowest BCUT2D eigenvalue weighted by molar-refractivity contribution is -0.385. The zero-order chi connectivity index (χ0) is 14.5. The number of aryl methyl sites for hydroxylation is 1. The Labute approximate surface area is 116 Å². The quantitative estimate of drug-likeness (QED) is 0.623. The summed E-state index contributed by atoms with van der Waals surface area (Å²) in [5.41, 5.74) is 1.09. The summed E-state index contributed by atoms with van der Waals surface area (Å²) in [6.07, 6.45) is 0.854. The monoisotopic (exact) mass is 268 g/mol. The second-order valence-electron chi connectivity index (χ2n) is 4.15. The van der Waals surface area contributed by atoms with E-state index in [-0.39, 0.29) is 17.0 Å². The van der Waals surface area contributed by atoms with Crippen LogP contribution in [0.15, 0.2) is 42.5 Å². The summed E-state index contributed by atoms with van der Waals surface area (Å²) in [6.45, 7) is 2.02. The average Bonchev–Trinajstić information content (AvgIpc) is 2.47. The molecule has 0 saturated carbocycles. The molecule has 100 valence electrons. The van der Waals surface area contributed by atoms with Crippen LogP contribution in [0.5, 0.6) is 11.5 Å². The van der Waals surface area contributed by atoms with Crippen LogP contribution in [0.3, 0.4) is 0 Å². The van der Waals surface area contributed by atoms with Gasteiger partial charge in [-0.1, -0.05) is 19.1 Å². The zero-order valence-corrected chi connectivity index (χ0v) is 10.9. The van der Waals surface area contributed by atoms with Crippen LogP contribution in [0.1, 0.15) is 18.1 Å². The van der Waals surface area contributed by atoms with E-state index in [9.17, 15) is 10.1 Å². The molecule has 0 atom stereocenters. The average molecular weight is 268 g/mol. The summed E-state index contributed by atoms with van der Waals surface area (Å²) in [4.78, 5) is 10.5. The second kappa shape index (κ2) is 5.85. The number of hydrogen-bond donors (Lipinski definition) is 0. The minimum atomic E-state index is -0.556. The van der Waals surface area contributed by atoms with E-state index in [1.165, 1.54) is 18.2 Å². The number of nitro groups is 1. The van der Waals surface area contributed by atoms with E-state index in [0.29, 0.717) is 5.75 Å². The van der Waals surface area contributed by atoms with Crippen LogP contribution >= 0.6 is 0 Å². The number of nitro benzene ring substituents is 1. The minimum absolute atomic E-state index is 0.127. The molecule has 0 fully saturated rings. The topological polar surface area (TPSA) is 76.2 Å². The van der Waals surface area contributed by atoms with Crippen LogP contribution in [0.2, 0.25) is 0 Å². The summed E-state index contributed by atoms with van der Waals surface area (Å²) in [5, 5.41) is 19.8. The Morgan fingerprint density at radius 1 is 1.30 bits per heavy atom. The number of hydrogen-bond acceptors (Lipinski definition) is 4. The number of nitrogens with zero attached hydrogens (tertiary/aromatic N) is 2. The molecule has 20 heavy (non-hydrogen) atoms. The van der Waals surface area contributed by atoms with E-state index < -0.39 is 4.92 Å². The van der Waals surface area contributed by atoms with Crippen LogP contribution < -0.4 is 4.74 Å². The van der Waals surface area contributed by atoms with Gasteiger partial charge in [0.1, 0.15) is 5.75 Å². The number of ether oxygens (including phenoxy) is 1. The van der Waals surface area contributed by atoms with Crippen LogP contribution in [0.4, 0.5) is 5.69 Å². The first-order valence-corrected chi connectivity index (χ1v) is 6.09. The van der Waals surface area contributed by atoms with Crippen molar-refractivity contribution in [2.75, 3.05) is 0 Å². The fourth-order valence-electron chi connectivity index (χ4n) is 1.77. The van der Waals surface area contributed by atoms with Gasteiger partial charge in [-0.05, 0) is 36.2 Å². The summed E-state index contributed by atoms with van der Waals surface area (Å²) >= 11 is 0. The molecular formula is C15H12N2O3. The van der Waals surface area contributed by atoms with Crippen molar-refractivity contribution in [2.45, 2.75) is 13.3 Å². The first-order chi connectivity index (χ1) is 9.63. The van der Waals surface area contributed by atoms with E-state index in [2.05, 4.69) is 0 Å². The van der Waals surface area contributed by atoms with Crippen molar-refractivity contribution in [1.82, 2.24) is 0 Å². The van der Waals surface area contributed by atoms with E-state index >= 15 is 0 Å². The third-order valence-electron chi connectivity index (χ3n) is 2.82. The Balaban J connectivity index is 2.37. The Hall–Kier alpha value is -2.87. The molecule has 0 aliphatic rings. The molecule has 0 bridgehead atoms. The molecule has 0 aromatic heterocycles. The van der Waals surface area contributed by atoms with E-state index in [4.69, 9.17) is 10.00 Å². The van der Waals surface area contributed by atoms with Gasteiger partial charge >= 0.3 is 5.69 Å². The van der Waals surface area contributed by atoms with Gasteiger partial charge in [-0.3, -0.25) is 10.1 Å². The van der Waals surface area contributed by atoms with Gasteiger partial charge < -0.3 is 4.74 Å². The van der Waals surface area contributed by atoms with Gasteiger partial charge in [0.2, 0.25) is 5.75 Å². The maximum absolute atomic E-state index is 11.0. The van der Waals surface area contributed by atoms with Gasteiger partial charge in [-0.2, -0.15) is 5.26 Å². The van der Waals surface area contributed by atoms with Gasteiger partial charge in [0.15, 0.2) is 0 Å². The van der Waals surface area contributed by atoms with Gasteiger partial charge in [0, 0.05) is 6.07 Å². The summed E-state index contributed by atoms with van der Waals surface area (Å²) in [5.74, 6) is 0.666. The van der Waals surface area contributed by atoms with Crippen molar-refractivity contribution < 1.29 is 9.66 Å². The Morgan fingerprint density at radius 3 is 2.75 bits per heavy atom. The van der Waals surface area contributed by atoms with Crippen LogP contribution in [0, 0.1) is 21.4 Å². The fourth-order valence-corrected chi connectivity index (χ4v) is 1.77. The molecule has 0 N–H and O–H groups in total. The van der Waals surface area contributed by atoms with Crippen molar-refractivity contribution in [3.63, 3.8) is 0 Å². The standard InChI is InChI=1S/C15H12N2O3/c1-2-11-4-3-5-13(8-11)20-15-7-6-12(10-16)9-14(15)17(18)19/h3-9H,2H2,1H3. The van der Waals surface area contributed by atoms with E-state index in [1.807, 2.05) is 31.2 Å². The van der Waals surface area contributed by atoms with Crippen molar-refractivity contribution >= 4 is 5.69 Å². The third-order valence-corrected chi connectivity index (χ3v) is 2.82. The predicted molar refractivity (Wildman–Crippen MR) is 73.7 cm³/mol. The Morgan fingerprint density at radius 2 is 2.10 bits per heavy atom. The van der Waals surface area contributed by atoms with E-state index in [0.717, 1.165) is 12.0 Å². The molecule has 0 heterocycles. The maximum atomic E-state index is 11.0. The first-order valence-electron chi connectivity index (χ1n) is 6.09. The third kappa shape index (κ3) is 2.93. The lowest BCUT2D eigenvalue weighted by Gasteiger charge is -2.07. The molecular weight excluding hydrogens is 256 g/mol. The highest BCUT2D eigenvalue weighted by atomic mass is 16.6. The van der Waals surface area contributed by atoms with Gasteiger partial charge in [0.25, 0.3) is 0 Å².